The van der Waals surface area contributed by atoms with Gasteiger partial charge in [0.25, 0.3) is 0 Å². The van der Waals surface area contributed by atoms with Gasteiger partial charge in [0.05, 0.1) is 22.3 Å². The van der Waals surface area contributed by atoms with Crippen LogP contribution in [0.1, 0.15) is 6.92 Å². The van der Waals surface area contributed by atoms with Crippen LogP contribution in [0, 0.1) is 0 Å². The van der Waals surface area contributed by atoms with Gasteiger partial charge in [-0.15, -0.1) is 0 Å². The van der Waals surface area contributed by atoms with Crippen LogP contribution >= 0.6 is 35.0 Å². The highest BCUT2D eigenvalue weighted by Crippen LogP contribution is 2.38. The quantitative estimate of drug-likeness (QED) is 0.795. The second kappa shape index (κ2) is 6.42. The van der Waals surface area contributed by atoms with Gasteiger partial charge in [-0.25, -0.2) is 0 Å². The number of ether oxygens (including phenoxy) is 1. The average Bonchev–Trinajstić information content (AvgIpc) is 2.39. The van der Waals surface area contributed by atoms with Crippen molar-refractivity contribution in [3.05, 3.63) is 46.4 Å². The predicted octanol–water partition coefficient (Wildman–Crippen LogP) is 5.13. The summed E-state index contributed by atoms with van der Waals surface area (Å²) in [4.78, 5) is 1.92. The summed E-state index contributed by atoms with van der Waals surface area (Å²) in [6.45, 7) is 2.52. The van der Waals surface area contributed by atoms with E-state index in [2.05, 4.69) is 0 Å². The Morgan fingerprint density at radius 2 is 1.95 bits per heavy atom. The van der Waals surface area contributed by atoms with E-state index < -0.39 is 0 Å². The molecule has 0 fully saturated rings. The molecule has 0 saturated carbocycles. The molecule has 0 bridgehead atoms. The molecule has 0 spiro atoms. The Balaban J connectivity index is 2.27. The van der Waals surface area contributed by atoms with Crippen LogP contribution in [0.3, 0.4) is 0 Å². The lowest BCUT2D eigenvalue weighted by molar-refractivity contribution is 0.341. The molecule has 19 heavy (non-hydrogen) atoms. The SMILES string of the molecule is CCOc1cccc(Sc2ccc(Cl)c(Cl)c2)c1N. The van der Waals surface area contributed by atoms with E-state index in [0.717, 1.165) is 9.79 Å². The van der Waals surface area contributed by atoms with Crippen molar-refractivity contribution in [2.75, 3.05) is 12.3 Å². The van der Waals surface area contributed by atoms with Crippen molar-refractivity contribution in [3.63, 3.8) is 0 Å². The Hall–Kier alpha value is -1.03. The van der Waals surface area contributed by atoms with Crippen molar-refractivity contribution in [2.45, 2.75) is 16.7 Å². The first-order chi connectivity index (χ1) is 9.11. The number of hydrogen-bond donors (Lipinski definition) is 1. The summed E-state index contributed by atoms with van der Waals surface area (Å²) in [5.41, 5.74) is 6.72. The van der Waals surface area contributed by atoms with E-state index in [1.54, 1.807) is 6.07 Å². The summed E-state index contributed by atoms with van der Waals surface area (Å²) in [6.07, 6.45) is 0. The van der Waals surface area contributed by atoms with Gasteiger partial charge >= 0.3 is 0 Å². The standard InChI is InChI=1S/C14H13Cl2NOS/c1-2-18-12-4-3-5-13(14(12)17)19-9-6-7-10(15)11(16)8-9/h3-8H,2,17H2,1H3. The number of para-hydroxylation sites is 1. The van der Waals surface area contributed by atoms with Crippen LogP contribution in [0.15, 0.2) is 46.2 Å². The number of nitrogens with two attached hydrogens (primary N) is 1. The first-order valence-corrected chi connectivity index (χ1v) is 7.33. The van der Waals surface area contributed by atoms with E-state index >= 15 is 0 Å². The molecule has 5 heteroatoms. The maximum absolute atomic E-state index is 6.08. The molecule has 0 aliphatic carbocycles. The molecular weight excluding hydrogens is 301 g/mol. The second-order valence-electron chi connectivity index (χ2n) is 3.78. The maximum Gasteiger partial charge on any atom is 0.143 e. The van der Waals surface area contributed by atoms with Crippen molar-refractivity contribution < 1.29 is 4.74 Å². The Labute approximate surface area is 126 Å². The molecule has 0 saturated heterocycles. The van der Waals surface area contributed by atoms with Crippen LogP contribution in [0.5, 0.6) is 5.75 Å². The summed E-state index contributed by atoms with van der Waals surface area (Å²) in [5, 5.41) is 1.08. The fraction of sp³-hybridized carbons (Fsp3) is 0.143. The molecular formula is C14H13Cl2NOS. The third-order valence-corrected chi connectivity index (χ3v) is 4.25. The minimum absolute atomic E-state index is 0.534. The van der Waals surface area contributed by atoms with Crippen molar-refractivity contribution >= 4 is 40.7 Å². The highest BCUT2D eigenvalue weighted by atomic mass is 35.5. The number of hydrogen-bond acceptors (Lipinski definition) is 3. The predicted molar refractivity (Wildman–Crippen MR) is 82.6 cm³/mol. The van der Waals surface area contributed by atoms with Crippen molar-refractivity contribution in [3.8, 4) is 5.75 Å². The van der Waals surface area contributed by atoms with Gasteiger partial charge in [-0.05, 0) is 37.3 Å². The first-order valence-electron chi connectivity index (χ1n) is 5.76. The molecule has 0 heterocycles. The molecule has 100 valence electrons. The lowest BCUT2D eigenvalue weighted by atomic mass is 10.3. The number of anilines is 1. The Bertz CT molecular complexity index is 590. The summed E-state index contributed by atoms with van der Waals surface area (Å²) < 4.78 is 5.47. The zero-order valence-electron chi connectivity index (χ0n) is 10.3. The molecule has 0 aromatic heterocycles. The fourth-order valence-corrected chi connectivity index (χ4v) is 2.85. The summed E-state index contributed by atoms with van der Waals surface area (Å²) >= 11 is 13.4. The van der Waals surface area contributed by atoms with E-state index in [1.165, 1.54) is 11.8 Å². The van der Waals surface area contributed by atoms with Gasteiger partial charge in [-0.2, -0.15) is 0 Å². The fourth-order valence-electron chi connectivity index (χ4n) is 1.56. The van der Waals surface area contributed by atoms with Gasteiger partial charge in [0, 0.05) is 9.79 Å². The van der Waals surface area contributed by atoms with Crippen molar-refractivity contribution in [2.24, 2.45) is 0 Å². The third kappa shape index (κ3) is 3.50. The van der Waals surface area contributed by atoms with Gasteiger partial charge in [0.15, 0.2) is 0 Å². The molecule has 2 aromatic rings. The number of rotatable bonds is 4. The molecule has 0 aliphatic rings. The number of nitrogen functional groups attached to an aromatic ring is 1. The van der Waals surface area contributed by atoms with E-state index in [4.69, 9.17) is 33.7 Å². The second-order valence-corrected chi connectivity index (χ2v) is 5.71. The zero-order valence-corrected chi connectivity index (χ0v) is 12.6. The third-order valence-electron chi connectivity index (χ3n) is 2.44. The van der Waals surface area contributed by atoms with Gasteiger partial charge in [0.1, 0.15) is 5.75 Å². The largest absolute Gasteiger partial charge is 0.492 e. The molecule has 2 N–H and O–H groups in total. The normalized spacial score (nSPS) is 10.5. The highest BCUT2D eigenvalue weighted by Gasteiger charge is 2.08. The van der Waals surface area contributed by atoms with Gasteiger partial charge < -0.3 is 10.5 Å². The number of benzene rings is 2. The summed E-state index contributed by atoms with van der Waals surface area (Å²) in [7, 11) is 0. The first kappa shape index (κ1) is 14.4. The van der Waals surface area contributed by atoms with E-state index in [9.17, 15) is 0 Å². The highest BCUT2D eigenvalue weighted by molar-refractivity contribution is 7.99. The van der Waals surface area contributed by atoms with E-state index in [0.29, 0.717) is 28.1 Å². The van der Waals surface area contributed by atoms with Gasteiger partial charge in [-0.3, -0.25) is 0 Å². The molecule has 2 nitrogen and oxygen atoms in total. The minimum Gasteiger partial charge on any atom is -0.492 e. The van der Waals surface area contributed by atoms with E-state index in [-0.39, 0.29) is 0 Å². The minimum atomic E-state index is 0.534. The molecule has 0 amide bonds. The molecule has 2 aromatic carbocycles. The van der Waals surface area contributed by atoms with Crippen molar-refractivity contribution in [1.82, 2.24) is 0 Å². The molecule has 2 rings (SSSR count). The van der Waals surface area contributed by atoms with Crippen LogP contribution in [0.2, 0.25) is 10.0 Å². The van der Waals surface area contributed by atoms with Crippen LogP contribution < -0.4 is 10.5 Å². The van der Waals surface area contributed by atoms with Gasteiger partial charge in [0.2, 0.25) is 0 Å². The van der Waals surface area contributed by atoms with Crippen LogP contribution in [-0.4, -0.2) is 6.61 Å². The topological polar surface area (TPSA) is 35.2 Å². The summed E-state index contributed by atoms with van der Waals surface area (Å²) in [6, 6.07) is 11.2. The van der Waals surface area contributed by atoms with Crippen LogP contribution in [0.4, 0.5) is 5.69 Å². The zero-order chi connectivity index (χ0) is 13.8. The average molecular weight is 314 g/mol. The lowest BCUT2D eigenvalue weighted by Crippen LogP contribution is -1.97. The smallest absolute Gasteiger partial charge is 0.143 e. The van der Waals surface area contributed by atoms with E-state index in [1.807, 2.05) is 37.3 Å². The van der Waals surface area contributed by atoms with Crippen LogP contribution in [0.25, 0.3) is 0 Å². The molecule has 0 radical (unpaired) electrons. The Morgan fingerprint density at radius 3 is 2.63 bits per heavy atom. The van der Waals surface area contributed by atoms with Crippen molar-refractivity contribution in [1.29, 1.82) is 0 Å². The van der Waals surface area contributed by atoms with Crippen LogP contribution in [-0.2, 0) is 0 Å². The Kier molecular flexibility index (Phi) is 4.86. The number of halogens is 2. The Morgan fingerprint density at radius 1 is 1.16 bits per heavy atom. The molecule has 0 unspecified atom stereocenters. The maximum atomic E-state index is 6.08. The lowest BCUT2D eigenvalue weighted by Gasteiger charge is -2.11. The molecule has 0 aliphatic heterocycles. The monoisotopic (exact) mass is 313 g/mol. The summed E-state index contributed by atoms with van der Waals surface area (Å²) in [5.74, 6) is 0.701. The van der Waals surface area contributed by atoms with Gasteiger partial charge in [-0.1, -0.05) is 41.0 Å². The molecule has 0 atom stereocenters.